The fourth-order valence-electron chi connectivity index (χ4n) is 4.57. The van der Waals surface area contributed by atoms with E-state index in [0.29, 0.717) is 16.1 Å². The van der Waals surface area contributed by atoms with E-state index in [9.17, 15) is 24.0 Å². The number of nitrogens with two attached hydrogens (primary N) is 1. The van der Waals surface area contributed by atoms with E-state index in [1.165, 1.54) is 34.1 Å². The number of carbonyl (C=O) groups is 5. The number of halogens is 2. The molecule has 0 radical (unpaired) electrons. The minimum Gasteiger partial charge on any atom is -0.469 e. The summed E-state index contributed by atoms with van der Waals surface area (Å²) in [6, 6.07) is 8.21. The quantitative estimate of drug-likeness (QED) is 0.200. The first kappa shape index (κ1) is 34.3. The van der Waals surface area contributed by atoms with Crippen LogP contribution in [0.15, 0.2) is 42.5 Å². The molecule has 44 heavy (non-hydrogen) atoms. The highest BCUT2D eigenvalue weighted by atomic mass is 35.5. The van der Waals surface area contributed by atoms with Crippen LogP contribution in [-0.2, 0) is 35.1 Å². The Morgan fingerprint density at radius 3 is 2.23 bits per heavy atom. The van der Waals surface area contributed by atoms with E-state index in [-0.39, 0.29) is 42.5 Å². The zero-order chi connectivity index (χ0) is 32.8. The summed E-state index contributed by atoms with van der Waals surface area (Å²) in [5.74, 6) is -3.42. The number of esters is 2. The third-order valence-electron chi connectivity index (χ3n) is 6.68. The fourth-order valence-corrected chi connectivity index (χ4v) is 4.89. The molecule has 0 spiro atoms. The third kappa shape index (κ3) is 9.17. The van der Waals surface area contributed by atoms with Gasteiger partial charge in [0.05, 0.1) is 23.6 Å². The molecule has 4 N–H and O–H groups in total. The number of ether oxygens (including phenoxy) is 2. The molecular weight excluding hydrogens is 613 g/mol. The van der Waals surface area contributed by atoms with Crippen molar-refractivity contribution in [3.05, 3.63) is 69.2 Å². The summed E-state index contributed by atoms with van der Waals surface area (Å²) in [6.45, 7) is 4.68. The molecule has 1 unspecified atom stereocenters. The average molecular weight is 649 g/mol. The van der Waals surface area contributed by atoms with Crippen molar-refractivity contribution in [1.82, 2.24) is 15.1 Å². The predicted octanol–water partition coefficient (Wildman–Crippen LogP) is 2.56. The number of nitrogen functional groups attached to an aromatic ring is 1. The topological polar surface area (TPSA) is 172 Å². The maximum absolute atomic E-state index is 14.1. The lowest BCUT2D eigenvalue weighted by atomic mass is 10.0. The maximum atomic E-state index is 14.1. The smallest absolute Gasteiger partial charge is 0.326 e. The molecule has 0 aromatic heterocycles. The number of nitrogens with one attached hydrogen (secondary N) is 2. The first-order valence-corrected chi connectivity index (χ1v) is 14.4. The van der Waals surface area contributed by atoms with Crippen LogP contribution in [-0.4, -0.2) is 89.7 Å². The molecule has 3 rings (SSSR count). The molecule has 1 heterocycles. The van der Waals surface area contributed by atoms with Gasteiger partial charge in [0.15, 0.2) is 0 Å². The van der Waals surface area contributed by atoms with Gasteiger partial charge in [-0.3, -0.25) is 29.4 Å². The van der Waals surface area contributed by atoms with Crippen LogP contribution >= 0.6 is 23.2 Å². The Bertz CT molecular complexity index is 1440. The van der Waals surface area contributed by atoms with Crippen LogP contribution in [0.25, 0.3) is 0 Å². The fraction of sp³-hybridized carbons (Fsp3) is 0.400. The SMILES string of the molecule is COC(=O)CC1C(=O)N(CC(=O)OC(C)(C)C)CCN1C(=O)[C@@H](Cc1ccc(Cl)c(Cl)c1)NC(=O)c1ccc(C(=N)N)cc1. The van der Waals surface area contributed by atoms with Gasteiger partial charge in [-0.15, -0.1) is 0 Å². The van der Waals surface area contributed by atoms with Crippen molar-refractivity contribution in [2.45, 2.75) is 51.3 Å². The standard InChI is InChI=1S/C30H35Cl2N5O7/c1-30(2,3)44-25(39)16-36-11-12-37(23(29(36)42)15-24(38)43-4)28(41)22(14-17-5-10-20(31)21(32)13-17)35-27(40)19-8-6-18(7-9-19)26(33)34/h5-10,13,22-23H,11-12,14-16H2,1-4H3,(H3,33,34)(H,35,40)/t22-,23?/m1/s1. The van der Waals surface area contributed by atoms with E-state index >= 15 is 0 Å². The average Bonchev–Trinajstić information content (AvgIpc) is 2.95. The minimum absolute atomic E-state index is 0.0125. The molecule has 236 valence electrons. The number of piperazine rings is 1. The summed E-state index contributed by atoms with van der Waals surface area (Å²) in [5.41, 5.74) is 5.92. The van der Waals surface area contributed by atoms with Gasteiger partial charge in [-0.25, -0.2) is 0 Å². The molecule has 12 nitrogen and oxygen atoms in total. The van der Waals surface area contributed by atoms with Gasteiger partial charge in [0.2, 0.25) is 11.8 Å². The zero-order valence-corrected chi connectivity index (χ0v) is 26.3. The van der Waals surface area contributed by atoms with Gasteiger partial charge in [0, 0.05) is 30.6 Å². The molecule has 0 saturated carbocycles. The second kappa shape index (κ2) is 14.5. The molecule has 1 aliphatic rings. The van der Waals surface area contributed by atoms with E-state index in [1.54, 1.807) is 39.0 Å². The largest absolute Gasteiger partial charge is 0.469 e. The van der Waals surface area contributed by atoms with Crippen LogP contribution in [0.2, 0.25) is 10.0 Å². The van der Waals surface area contributed by atoms with Crippen LogP contribution < -0.4 is 11.1 Å². The Morgan fingerprint density at radius 1 is 1.02 bits per heavy atom. The molecule has 1 fully saturated rings. The maximum Gasteiger partial charge on any atom is 0.326 e. The van der Waals surface area contributed by atoms with Gasteiger partial charge in [-0.05, 0) is 50.6 Å². The number of carbonyl (C=O) groups excluding carboxylic acids is 5. The van der Waals surface area contributed by atoms with E-state index in [1.807, 2.05) is 0 Å². The first-order valence-electron chi connectivity index (χ1n) is 13.7. The van der Waals surface area contributed by atoms with Crippen molar-refractivity contribution in [3.8, 4) is 0 Å². The first-order chi connectivity index (χ1) is 20.6. The van der Waals surface area contributed by atoms with Crippen molar-refractivity contribution in [2.24, 2.45) is 5.73 Å². The van der Waals surface area contributed by atoms with E-state index in [2.05, 4.69) is 5.32 Å². The second-order valence-corrected chi connectivity index (χ2v) is 12.0. The van der Waals surface area contributed by atoms with Crippen LogP contribution in [0.5, 0.6) is 0 Å². The summed E-state index contributed by atoms with van der Waals surface area (Å²) >= 11 is 12.3. The van der Waals surface area contributed by atoms with E-state index in [4.69, 9.17) is 43.8 Å². The van der Waals surface area contributed by atoms with Crippen molar-refractivity contribution in [2.75, 3.05) is 26.7 Å². The van der Waals surface area contributed by atoms with Gasteiger partial charge >= 0.3 is 11.9 Å². The molecule has 1 aliphatic heterocycles. The highest BCUT2D eigenvalue weighted by molar-refractivity contribution is 6.42. The molecule has 2 aromatic carbocycles. The number of amidine groups is 1. The molecule has 2 atom stereocenters. The molecule has 0 aliphatic carbocycles. The van der Waals surface area contributed by atoms with Gasteiger partial charge in [-0.1, -0.05) is 41.4 Å². The number of methoxy groups -OCH3 is 1. The number of hydrogen-bond donors (Lipinski definition) is 3. The minimum atomic E-state index is -1.30. The predicted molar refractivity (Wildman–Crippen MR) is 163 cm³/mol. The summed E-state index contributed by atoms with van der Waals surface area (Å²) in [5, 5.41) is 10.8. The van der Waals surface area contributed by atoms with Crippen LogP contribution in [0.3, 0.4) is 0 Å². The van der Waals surface area contributed by atoms with Crippen molar-refractivity contribution >= 4 is 58.7 Å². The van der Waals surface area contributed by atoms with Gasteiger partial charge in [-0.2, -0.15) is 0 Å². The zero-order valence-electron chi connectivity index (χ0n) is 24.8. The van der Waals surface area contributed by atoms with Crippen LogP contribution in [0.1, 0.15) is 48.7 Å². The van der Waals surface area contributed by atoms with Crippen LogP contribution in [0, 0.1) is 5.41 Å². The Hall–Kier alpha value is -4.16. The molecule has 2 aromatic rings. The Balaban J connectivity index is 1.92. The number of amides is 3. The monoisotopic (exact) mass is 647 g/mol. The number of hydrogen-bond acceptors (Lipinski definition) is 8. The molecule has 3 amide bonds. The van der Waals surface area contributed by atoms with E-state index in [0.717, 1.165) is 7.11 Å². The van der Waals surface area contributed by atoms with Gasteiger partial charge < -0.3 is 30.3 Å². The molecule has 0 bridgehead atoms. The van der Waals surface area contributed by atoms with Crippen molar-refractivity contribution in [3.63, 3.8) is 0 Å². The molecule has 14 heteroatoms. The lowest BCUT2D eigenvalue weighted by Gasteiger charge is -2.41. The second-order valence-electron chi connectivity index (χ2n) is 11.1. The normalized spacial score (nSPS) is 15.8. The summed E-state index contributed by atoms with van der Waals surface area (Å²) in [4.78, 5) is 68.2. The number of rotatable bonds is 10. The Morgan fingerprint density at radius 2 is 1.66 bits per heavy atom. The lowest BCUT2D eigenvalue weighted by Crippen LogP contribution is -2.63. The molecule has 1 saturated heterocycles. The van der Waals surface area contributed by atoms with Gasteiger partial charge in [0.1, 0.15) is 30.1 Å². The van der Waals surface area contributed by atoms with Crippen LogP contribution in [0.4, 0.5) is 0 Å². The highest BCUT2D eigenvalue weighted by Gasteiger charge is 2.42. The number of nitrogens with zero attached hydrogens (tertiary/aromatic N) is 2. The van der Waals surface area contributed by atoms with E-state index < -0.39 is 53.8 Å². The summed E-state index contributed by atoms with van der Waals surface area (Å²) in [7, 11) is 1.16. The lowest BCUT2D eigenvalue weighted by molar-refractivity contribution is -0.164. The van der Waals surface area contributed by atoms with Gasteiger partial charge in [0.25, 0.3) is 5.91 Å². The Kier molecular flexibility index (Phi) is 11.3. The number of benzene rings is 2. The Labute approximate surface area is 265 Å². The summed E-state index contributed by atoms with van der Waals surface area (Å²) < 4.78 is 10.1. The summed E-state index contributed by atoms with van der Waals surface area (Å²) in [6.07, 6.45) is -0.490. The highest BCUT2D eigenvalue weighted by Crippen LogP contribution is 2.24. The molecular formula is C30H35Cl2N5O7. The third-order valence-corrected chi connectivity index (χ3v) is 7.42. The van der Waals surface area contributed by atoms with Crippen molar-refractivity contribution < 1.29 is 33.4 Å². The van der Waals surface area contributed by atoms with Crippen molar-refractivity contribution in [1.29, 1.82) is 5.41 Å².